The normalized spacial score (nSPS) is 22.7. The third-order valence-corrected chi connectivity index (χ3v) is 5.92. The second-order valence-corrected chi connectivity index (χ2v) is 7.75. The number of aromatic nitrogens is 2. The number of hydrogen-bond acceptors (Lipinski definition) is 6. The molecule has 3 aliphatic heterocycles. The Bertz CT molecular complexity index is 1040. The molecule has 2 N–H and O–H groups in total. The van der Waals surface area contributed by atoms with E-state index in [1.165, 1.54) is 0 Å². The van der Waals surface area contributed by atoms with Crippen LogP contribution >= 0.6 is 0 Å². The standard InChI is InChI=1S/C20H21F2N5O4/c21-17(22)14-10-31-20(29)27(14)16-9-25-6-7-30-15-8-11(3-4-12(15)19(25)24-16)26-5-1-2-13(26)18(23)28/h3-4,8-9,13-14,17H,1-2,5-7,10H2,(H2,23,28)/t13-,14+/m0/s1. The van der Waals surface area contributed by atoms with Crippen molar-refractivity contribution in [1.82, 2.24) is 9.55 Å². The fraction of sp³-hybridized carbons (Fsp3) is 0.450. The fourth-order valence-corrected chi connectivity index (χ4v) is 4.41. The van der Waals surface area contributed by atoms with Gasteiger partial charge in [-0.05, 0) is 25.0 Å². The second-order valence-electron chi connectivity index (χ2n) is 7.75. The molecule has 11 heteroatoms. The van der Waals surface area contributed by atoms with Crippen LogP contribution in [0.5, 0.6) is 5.75 Å². The van der Waals surface area contributed by atoms with Crippen molar-refractivity contribution in [1.29, 1.82) is 0 Å². The lowest BCUT2D eigenvalue weighted by atomic mass is 10.1. The van der Waals surface area contributed by atoms with Gasteiger partial charge in [0, 0.05) is 24.5 Å². The molecular formula is C20H21F2N5O4. The highest BCUT2D eigenvalue weighted by molar-refractivity contribution is 5.90. The third-order valence-electron chi connectivity index (χ3n) is 5.92. The molecule has 5 rings (SSSR count). The maximum Gasteiger partial charge on any atom is 0.416 e. The van der Waals surface area contributed by atoms with E-state index >= 15 is 0 Å². The monoisotopic (exact) mass is 433 g/mol. The van der Waals surface area contributed by atoms with E-state index in [2.05, 4.69) is 4.98 Å². The van der Waals surface area contributed by atoms with Crippen LogP contribution in [0.25, 0.3) is 11.4 Å². The zero-order chi connectivity index (χ0) is 21.7. The summed E-state index contributed by atoms with van der Waals surface area (Å²) in [5, 5.41) is 0. The van der Waals surface area contributed by atoms with Gasteiger partial charge in [0.05, 0.1) is 12.1 Å². The minimum atomic E-state index is -2.75. The molecule has 2 amide bonds. The first-order valence-corrected chi connectivity index (χ1v) is 10.1. The number of cyclic esters (lactones) is 1. The van der Waals surface area contributed by atoms with Gasteiger partial charge in [-0.2, -0.15) is 0 Å². The van der Waals surface area contributed by atoms with Crippen LogP contribution in [0.2, 0.25) is 0 Å². The molecule has 0 bridgehead atoms. The Labute approximate surface area is 176 Å². The van der Waals surface area contributed by atoms with Gasteiger partial charge < -0.3 is 24.7 Å². The molecule has 0 aliphatic carbocycles. The Hall–Kier alpha value is -3.37. The van der Waals surface area contributed by atoms with Gasteiger partial charge in [0.15, 0.2) is 5.82 Å². The van der Waals surface area contributed by atoms with Gasteiger partial charge in [0.1, 0.15) is 36.9 Å². The number of amides is 2. The molecule has 0 saturated carbocycles. The smallest absolute Gasteiger partial charge is 0.416 e. The molecule has 31 heavy (non-hydrogen) atoms. The summed E-state index contributed by atoms with van der Waals surface area (Å²) in [6.45, 7) is 1.11. The van der Waals surface area contributed by atoms with Gasteiger partial charge >= 0.3 is 6.09 Å². The molecule has 9 nitrogen and oxygen atoms in total. The number of rotatable bonds is 4. The zero-order valence-corrected chi connectivity index (χ0v) is 16.5. The summed E-state index contributed by atoms with van der Waals surface area (Å²) in [5.41, 5.74) is 7.03. The van der Waals surface area contributed by atoms with Crippen molar-refractivity contribution in [2.24, 2.45) is 5.73 Å². The fourth-order valence-electron chi connectivity index (χ4n) is 4.41. The van der Waals surface area contributed by atoms with E-state index in [1.807, 2.05) is 23.1 Å². The molecule has 2 aromatic rings. The molecule has 4 heterocycles. The zero-order valence-electron chi connectivity index (χ0n) is 16.5. The Balaban J connectivity index is 1.51. The van der Waals surface area contributed by atoms with E-state index in [4.69, 9.17) is 15.2 Å². The lowest BCUT2D eigenvalue weighted by molar-refractivity contribution is -0.119. The average Bonchev–Trinajstić information content (AvgIpc) is 3.44. The minimum absolute atomic E-state index is 0.119. The Morgan fingerprint density at radius 2 is 2.10 bits per heavy atom. The van der Waals surface area contributed by atoms with Crippen molar-refractivity contribution in [2.45, 2.75) is 37.9 Å². The van der Waals surface area contributed by atoms with Crippen molar-refractivity contribution in [2.75, 3.05) is 29.6 Å². The first-order valence-electron chi connectivity index (χ1n) is 10.1. The predicted molar refractivity (Wildman–Crippen MR) is 106 cm³/mol. The van der Waals surface area contributed by atoms with Crippen LogP contribution in [0.15, 0.2) is 24.4 Å². The van der Waals surface area contributed by atoms with Gasteiger partial charge in [0.25, 0.3) is 6.43 Å². The van der Waals surface area contributed by atoms with Crippen molar-refractivity contribution < 1.29 is 27.8 Å². The van der Waals surface area contributed by atoms with Crippen molar-refractivity contribution in [3.05, 3.63) is 24.4 Å². The lowest BCUT2D eigenvalue weighted by Gasteiger charge is -2.25. The summed E-state index contributed by atoms with van der Waals surface area (Å²) in [6.07, 6.45) is -0.441. The molecule has 3 aliphatic rings. The lowest BCUT2D eigenvalue weighted by Crippen LogP contribution is -2.40. The largest absolute Gasteiger partial charge is 0.491 e. The summed E-state index contributed by atoms with van der Waals surface area (Å²) in [6, 6.07) is 3.80. The molecule has 2 fully saturated rings. The van der Waals surface area contributed by atoms with E-state index in [1.54, 1.807) is 10.8 Å². The van der Waals surface area contributed by atoms with E-state index < -0.39 is 18.6 Å². The van der Waals surface area contributed by atoms with Crippen LogP contribution in [0, 0.1) is 0 Å². The first kappa shape index (κ1) is 19.6. The quantitative estimate of drug-likeness (QED) is 0.791. The number of carbonyl (C=O) groups is 2. The number of benzene rings is 1. The molecule has 164 valence electrons. The number of imidazole rings is 1. The van der Waals surface area contributed by atoms with Gasteiger partial charge in [-0.1, -0.05) is 0 Å². The third kappa shape index (κ3) is 3.24. The number of ether oxygens (including phenoxy) is 2. The molecule has 0 radical (unpaired) electrons. The highest BCUT2D eigenvalue weighted by atomic mass is 19.3. The van der Waals surface area contributed by atoms with Crippen molar-refractivity contribution >= 4 is 23.5 Å². The van der Waals surface area contributed by atoms with Crippen molar-refractivity contribution in [3.8, 4) is 17.1 Å². The maximum absolute atomic E-state index is 13.4. The van der Waals surface area contributed by atoms with Crippen LogP contribution in [-0.4, -0.2) is 59.8 Å². The number of nitrogens with two attached hydrogens (primary N) is 1. The Morgan fingerprint density at radius 1 is 1.26 bits per heavy atom. The summed E-state index contributed by atoms with van der Waals surface area (Å²) in [5.74, 6) is 0.834. The molecule has 1 aromatic carbocycles. The van der Waals surface area contributed by atoms with E-state index in [0.717, 1.165) is 23.6 Å². The van der Waals surface area contributed by atoms with E-state index in [-0.39, 0.29) is 24.4 Å². The van der Waals surface area contributed by atoms with Crippen LogP contribution < -0.4 is 20.3 Å². The molecule has 0 spiro atoms. The number of hydrogen-bond donors (Lipinski definition) is 1. The number of primary amides is 1. The Morgan fingerprint density at radius 3 is 2.87 bits per heavy atom. The predicted octanol–water partition coefficient (Wildman–Crippen LogP) is 1.99. The van der Waals surface area contributed by atoms with Crippen LogP contribution in [0.1, 0.15) is 12.8 Å². The van der Waals surface area contributed by atoms with Crippen LogP contribution in [0.3, 0.4) is 0 Å². The number of anilines is 2. The number of halogens is 2. The molecular weight excluding hydrogens is 412 g/mol. The number of carbonyl (C=O) groups excluding carboxylic acids is 2. The molecule has 0 unspecified atom stereocenters. The molecule has 2 atom stereocenters. The molecule has 2 saturated heterocycles. The highest BCUT2D eigenvalue weighted by Crippen LogP contribution is 2.38. The SMILES string of the molecule is NC(=O)[C@@H]1CCCN1c1ccc2c(c1)OCCn1cc(N3C(=O)OC[C@@H]3C(F)F)nc1-2. The van der Waals surface area contributed by atoms with Crippen LogP contribution in [-0.2, 0) is 16.1 Å². The summed E-state index contributed by atoms with van der Waals surface area (Å²) in [7, 11) is 0. The van der Waals surface area contributed by atoms with E-state index in [0.29, 0.717) is 36.7 Å². The summed E-state index contributed by atoms with van der Waals surface area (Å²) in [4.78, 5) is 31.1. The van der Waals surface area contributed by atoms with Gasteiger partial charge in [-0.3, -0.25) is 4.79 Å². The van der Waals surface area contributed by atoms with Gasteiger partial charge in [-0.15, -0.1) is 0 Å². The highest BCUT2D eigenvalue weighted by Gasteiger charge is 2.42. The summed E-state index contributed by atoms with van der Waals surface area (Å²) < 4.78 is 39.2. The Kier molecular flexibility index (Phi) is 4.67. The number of alkyl halides is 2. The topological polar surface area (TPSA) is 103 Å². The maximum atomic E-state index is 13.4. The van der Waals surface area contributed by atoms with Crippen molar-refractivity contribution in [3.63, 3.8) is 0 Å². The number of fused-ring (bicyclic) bond motifs is 3. The van der Waals surface area contributed by atoms with E-state index in [9.17, 15) is 18.4 Å². The van der Waals surface area contributed by atoms with Gasteiger partial charge in [-0.25, -0.2) is 23.5 Å². The first-order chi connectivity index (χ1) is 14.9. The average molecular weight is 433 g/mol. The molecule has 1 aromatic heterocycles. The number of nitrogens with zero attached hydrogens (tertiary/aromatic N) is 4. The second kappa shape index (κ2) is 7.40. The van der Waals surface area contributed by atoms with Crippen LogP contribution in [0.4, 0.5) is 25.1 Å². The minimum Gasteiger partial charge on any atom is -0.491 e. The summed E-state index contributed by atoms with van der Waals surface area (Å²) >= 11 is 0. The van der Waals surface area contributed by atoms with Gasteiger partial charge in [0.2, 0.25) is 5.91 Å².